The molecule has 102 valence electrons. The van der Waals surface area contributed by atoms with E-state index >= 15 is 0 Å². The lowest BCUT2D eigenvalue weighted by Crippen LogP contribution is -2.01. The maximum absolute atomic E-state index is 9.95. The third-order valence-corrected chi connectivity index (χ3v) is 3.30. The number of aromatic nitrogens is 2. The quantitative estimate of drug-likeness (QED) is 0.798. The molecule has 0 saturated carbocycles. The number of hydrogen-bond donors (Lipinski definition) is 1. The molecule has 4 nitrogen and oxygen atoms in total. The number of imidazole rings is 1. The zero-order valence-electron chi connectivity index (χ0n) is 11.3. The first-order valence-electron chi connectivity index (χ1n) is 6.56. The number of hydrogen-bond acceptors (Lipinski definition) is 3. The van der Waals surface area contributed by atoms with E-state index in [0.29, 0.717) is 17.7 Å². The summed E-state index contributed by atoms with van der Waals surface area (Å²) >= 11 is 0. The van der Waals surface area contributed by atoms with Crippen LogP contribution in [0.25, 0.3) is 11.4 Å². The summed E-state index contributed by atoms with van der Waals surface area (Å²) < 4.78 is 1.97. The highest BCUT2D eigenvalue weighted by Gasteiger charge is 2.10. The topological polar surface area (TPSA) is 61.8 Å². The molecule has 3 aromatic rings. The lowest BCUT2D eigenvalue weighted by molar-refractivity contribution is 0.476. The van der Waals surface area contributed by atoms with Crippen LogP contribution in [-0.2, 0) is 6.54 Å². The van der Waals surface area contributed by atoms with Crippen molar-refractivity contribution in [2.75, 3.05) is 0 Å². The normalized spacial score (nSPS) is 10.2. The van der Waals surface area contributed by atoms with Crippen molar-refractivity contribution in [3.63, 3.8) is 0 Å². The van der Waals surface area contributed by atoms with Crippen LogP contribution in [0.15, 0.2) is 60.9 Å². The highest BCUT2D eigenvalue weighted by atomic mass is 16.3. The Hall–Kier alpha value is -3.06. The lowest BCUT2D eigenvalue weighted by atomic mass is 10.1. The van der Waals surface area contributed by atoms with Crippen LogP contribution in [0.5, 0.6) is 5.75 Å². The van der Waals surface area contributed by atoms with E-state index in [4.69, 9.17) is 5.26 Å². The fourth-order valence-corrected chi connectivity index (χ4v) is 2.23. The molecule has 4 heteroatoms. The van der Waals surface area contributed by atoms with Crippen LogP contribution in [0.2, 0.25) is 0 Å². The summed E-state index contributed by atoms with van der Waals surface area (Å²) in [5.41, 5.74) is 2.42. The summed E-state index contributed by atoms with van der Waals surface area (Å²) in [6.07, 6.45) is 3.59. The predicted molar refractivity (Wildman–Crippen MR) is 79.6 cm³/mol. The van der Waals surface area contributed by atoms with Crippen molar-refractivity contribution in [2.45, 2.75) is 6.54 Å². The summed E-state index contributed by atoms with van der Waals surface area (Å²) in [4.78, 5) is 4.33. The van der Waals surface area contributed by atoms with Crippen molar-refractivity contribution in [1.82, 2.24) is 9.55 Å². The van der Waals surface area contributed by atoms with Crippen molar-refractivity contribution >= 4 is 0 Å². The van der Waals surface area contributed by atoms with Crippen LogP contribution in [0.4, 0.5) is 0 Å². The van der Waals surface area contributed by atoms with Crippen molar-refractivity contribution in [3.8, 4) is 23.2 Å². The molecule has 21 heavy (non-hydrogen) atoms. The smallest absolute Gasteiger partial charge is 0.143 e. The fraction of sp³-hybridized carbons (Fsp3) is 0.0588. The van der Waals surface area contributed by atoms with Crippen LogP contribution in [0.3, 0.4) is 0 Å². The lowest BCUT2D eigenvalue weighted by Gasteiger charge is -2.09. The van der Waals surface area contributed by atoms with E-state index in [0.717, 1.165) is 11.4 Å². The summed E-state index contributed by atoms with van der Waals surface area (Å²) in [6.45, 7) is 0.634. The van der Waals surface area contributed by atoms with Gasteiger partial charge < -0.3 is 9.67 Å². The van der Waals surface area contributed by atoms with E-state index in [1.54, 1.807) is 30.5 Å². The number of benzene rings is 2. The number of rotatable bonds is 3. The molecule has 0 bridgehead atoms. The van der Waals surface area contributed by atoms with Gasteiger partial charge in [-0.3, -0.25) is 0 Å². The Balaban J connectivity index is 1.92. The molecule has 0 fully saturated rings. The van der Waals surface area contributed by atoms with Gasteiger partial charge in [0.05, 0.1) is 17.2 Å². The molecule has 0 saturated heterocycles. The van der Waals surface area contributed by atoms with Gasteiger partial charge in [0.25, 0.3) is 0 Å². The van der Waals surface area contributed by atoms with Gasteiger partial charge in [0.1, 0.15) is 11.6 Å². The van der Waals surface area contributed by atoms with E-state index in [1.807, 2.05) is 35.0 Å². The minimum absolute atomic E-state index is 0.213. The molecule has 0 atom stereocenters. The van der Waals surface area contributed by atoms with Gasteiger partial charge >= 0.3 is 0 Å². The number of nitriles is 1. The van der Waals surface area contributed by atoms with Crippen molar-refractivity contribution in [3.05, 3.63) is 72.1 Å². The minimum Gasteiger partial charge on any atom is -0.507 e. The maximum atomic E-state index is 9.95. The van der Waals surface area contributed by atoms with E-state index in [-0.39, 0.29) is 5.75 Å². The number of nitrogens with zero attached hydrogens (tertiary/aromatic N) is 3. The molecule has 0 radical (unpaired) electrons. The summed E-state index contributed by atoms with van der Waals surface area (Å²) in [5, 5.41) is 18.8. The molecule has 1 N–H and O–H groups in total. The SMILES string of the molecule is N#Cc1ccc(Cn2ccnc2-c2ccccc2O)cc1. The van der Waals surface area contributed by atoms with Gasteiger partial charge in [-0.05, 0) is 29.8 Å². The van der Waals surface area contributed by atoms with Gasteiger partial charge in [0.2, 0.25) is 0 Å². The Labute approximate surface area is 122 Å². The molecule has 0 amide bonds. The zero-order chi connectivity index (χ0) is 14.7. The number of phenols is 1. The Morgan fingerprint density at radius 3 is 2.57 bits per heavy atom. The van der Waals surface area contributed by atoms with Crippen LogP contribution in [0.1, 0.15) is 11.1 Å². The average Bonchev–Trinajstić information content (AvgIpc) is 2.96. The van der Waals surface area contributed by atoms with Crippen LogP contribution in [-0.4, -0.2) is 14.7 Å². The monoisotopic (exact) mass is 275 g/mol. The van der Waals surface area contributed by atoms with Crippen molar-refractivity contribution < 1.29 is 5.11 Å². The Morgan fingerprint density at radius 2 is 1.86 bits per heavy atom. The second-order valence-corrected chi connectivity index (χ2v) is 4.70. The van der Waals surface area contributed by atoms with Crippen molar-refractivity contribution in [2.24, 2.45) is 0 Å². The van der Waals surface area contributed by atoms with Gasteiger partial charge in [-0.15, -0.1) is 0 Å². The number of para-hydroxylation sites is 1. The van der Waals surface area contributed by atoms with Crippen LogP contribution >= 0.6 is 0 Å². The van der Waals surface area contributed by atoms with Gasteiger partial charge in [-0.1, -0.05) is 24.3 Å². The molecule has 0 aliphatic heterocycles. The number of phenolic OH excluding ortho intramolecular Hbond substituents is 1. The molecular formula is C17H13N3O. The molecular weight excluding hydrogens is 262 g/mol. The van der Waals surface area contributed by atoms with Gasteiger partial charge in [0.15, 0.2) is 0 Å². The standard InChI is InChI=1S/C17H13N3O/c18-11-13-5-7-14(8-6-13)12-20-10-9-19-17(20)15-3-1-2-4-16(15)21/h1-10,21H,12H2. The highest BCUT2D eigenvalue weighted by Crippen LogP contribution is 2.27. The largest absolute Gasteiger partial charge is 0.507 e. The van der Waals surface area contributed by atoms with Crippen molar-refractivity contribution in [1.29, 1.82) is 5.26 Å². The first-order chi connectivity index (χ1) is 10.3. The molecule has 1 aromatic heterocycles. The molecule has 0 spiro atoms. The third-order valence-electron chi connectivity index (χ3n) is 3.30. The highest BCUT2D eigenvalue weighted by molar-refractivity contribution is 5.63. The molecule has 2 aromatic carbocycles. The predicted octanol–water partition coefficient (Wildman–Crippen LogP) is 3.18. The van der Waals surface area contributed by atoms with Crippen LogP contribution in [0, 0.1) is 11.3 Å². The molecule has 3 rings (SSSR count). The Kier molecular flexibility index (Phi) is 3.40. The fourth-order valence-electron chi connectivity index (χ4n) is 2.23. The first kappa shape index (κ1) is 12.9. The van der Waals surface area contributed by atoms with E-state index in [1.165, 1.54) is 0 Å². The summed E-state index contributed by atoms with van der Waals surface area (Å²) in [7, 11) is 0. The Bertz CT molecular complexity index is 797. The Morgan fingerprint density at radius 1 is 1.10 bits per heavy atom. The van der Waals surface area contributed by atoms with Crippen LogP contribution < -0.4 is 0 Å². The zero-order valence-corrected chi connectivity index (χ0v) is 11.3. The van der Waals surface area contributed by atoms with Gasteiger partial charge in [-0.25, -0.2) is 4.98 Å². The molecule has 0 aliphatic carbocycles. The molecule has 0 aliphatic rings. The minimum atomic E-state index is 0.213. The first-order valence-corrected chi connectivity index (χ1v) is 6.56. The summed E-state index contributed by atoms with van der Waals surface area (Å²) in [6, 6.07) is 16.7. The van der Waals surface area contributed by atoms with E-state index < -0.39 is 0 Å². The van der Waals surface area contributed by atoms with Gasteiger partial charge in [-0.2, -0.15) is 5.26 Å². The average molecular weight is 275 g/mol. The second-order valence-electron chi connectivity index (χ2n) is 4.70. The maximum Gasteiger partial charge on any atom is 0.143 e. The molecule has 0 unspecified atom stereocenters. The summed E-state index contributed by atoms with van der Waals surface area (Å²) in [5.74, 6) is 0.933. The number of aromatic hydroxyl groups is 1. The molecule has 1 heterocycles. The second kappa shape index (κ2) is 5.51. The van der Waals surface area contributed by atoms with E-state index in [9.17, 15) is 5.11 Å². The third kappa shape index (κ3) is 2.63. The van der Waals surface area contributed by atoms with Gasteiger partial charge in [0, 0.05) is 18.9 Å². The van der Waals surface area contributed by atoms with E-state index in [2.05, 4.69) is 11.1 Å².